The Labute approximate surface area is 75.9 Å². The Morgan fingerprint density at radius 3 is 2.85 bits per heavy atom. The third kappa shape index (κ3) is 1.93. The van der Waals surface area contributed by atoms with Gasteiger partial charge in [0.15, 0.2) is 5.82 Å². The van der Waals surface area contributed by atoms with Gasteiger partial charge in [-0.15, -0.1) is 0 Å². The normalized spacial score (nSPS) is 10.0. The van der Waals surface area contributed by atoms with Crippen LogP contribution < -0.4 is 0 Å². The molecule has 0 aliphatic rings. The molecular formula is C8H11N3O2. The first-order chi connectivity index (χ1) is 6.02. The lowest BCUT2D eigenvalue weighted by molar-refractivity contribution is -0.391. The van der Waals surface area contributed by atoms with Gasteiger partial charge >= 0.3 is 5.82 Å². The number of hydrogen-bond acceptors (Lipinski definition) is 3. The molecule has 1 aromatic heterocycles. The Morgan fingerprint density at radius 1 is 1.85 bits per heavy atom. The molecule has 0 saturated heterocycles. The van der Waals surface area contributed by atoms with Gasteiger partial charge in [0.05, 0.1) is 7.05 Å². The lowest BCUT2D eigenvalue weighted by atomic mass is 10.2. The molecule has 0 fully saturated rings. The molecule has 0 saturated carbocycles. The van der Waals surface area contributed by atoms with Crippen molar-refractivity contribution in [1.29, 1.82) is 0 Å². The Kier molecular flexibility index (Phi) is 2.46. The highest BCUT2D eigenvalue weighted by Gasteiger charge is 2.15. The van der Waals surface area contributed by atoms with Crippen LogP contribution in [0.25, 0.3) is 0 Å². The van der Waals surface area contributed by atoms with E-state index in [9.17, 15) is 10.1 Å². The van der Waals surface area contributed by atoms with Gasteiger partial charge < -0.3 is 10.1 Å². The first-order valence-electron chi connectivity index (χ1n) is 3.81. The number of aromatic nitrogens is 2. The van der Waals surface area contributed by atoms with Gasteiger partial charge in [-0.2, -0.15) is 0 Å². The highest BCUT2D eigenvalue weighted by atomic mass is 16.6. The zero-order chi connectivity index (χ0) is 10.0. The lowest BCUT2D eigenvalue weighted by Crippen LogP contribution is -2.02. The standard InChI is InChI=1S/C8H11N3O2/c1-6(2)4-7-9-5-8(10(7)3)11(12)13/h5H,1,4H2,2-3H3. The Morgan fingerprint density at radius 2 is 2.46 bits per heavy atom. The second kappa shape index (κ2) is 3.38. The van der Waals surface area contributed by atoms with Gasteiger partial charge in [0.25, 0.3) is 0 Å². The monoisotopic (exact) mass is 181 g/mol. The largest absolute Gasteiger partial charge is 0.358 e. The van der Waals surface area contributed by atoms with Crippen LogP contribution in [0.2, 0.25) is 0 Å². The molecule has 0 radical (unpaired) electrons. The second-order valence-electron chi connectivity index (χ2n) is 2.98. The average molecular weight is 181 g/mol. The molecule has 1 aromatic rings. The molecule has 5 nitrogen and oxygen atoms in total. The molecule has 0 aliphatic carbocycles. The summed E-state index contributed by atoms with van der Waals surface area (Å²) in [6.45, 7) is 5.58. The van der Waals surface area contributed by atoms with Gasteiger partial charge in [-0.25, -0.2) is 9.55 Å². The molecule has 0 unspecified atom stereocenters. The quantitative estimate of drug-likeness (QED) is 0.402. The van der Waals surface area contributed by atoms with Crippen LogP contribution in [0, 0.1) is 10.1 Å². The Bertz CT molecular complexity index is 354. The van der Waals surface area contributed by atoms with E-state index in [1.807, 2.05) is 6.92 Å². The number of hydrogen-bond donors (Lipinski definition) is 0. The molecule has 70 valence electrons. The van der Waals surface area contributed by atoms with Gasteiger partial charge in [0, 0.05) is 6.42 Å². The summed E-state index contributed by atoms with van der Waals surface area (Å²) in [5.41, 5.74) is 0.934. The zero-order valence-electron chi connectivity index (χ0n) is 7.65. The van der Waals surface area contributed by atoms with Crippen molar-refractivity contribution < 1.29 is 4.92 Å². The molecule has 0 aliphatic heterocycles. The van der Waals surface area contributed by atoms with Crippen LogP contribution in [0.1, 0.15) is 12.7 Å². The number of imidazole rings is 1. The summed E-state index contributed by atoms with van der Waals surface area (Å²) in [6.07, 6.45) is 1.84. The summed E-state index contributed by atoms with van der Waals surface area (Å²) in [6, 6.07) is 0. The maximum Gasteiger partial charge on any atom is 0.342 e. The van der Waals surface area contributed by atoms with Crippen molar-refractivity contribution in [2.24, 2.45) is 7.05 Å². The van der Waals surface area contributed by atoms with E-state index in [-0.39, 0.29) is 5.82 Å². The fraction of sp³-hybridized carbons (Fsp3) is 0.375. The first-order valence-corrected chi connectivity index (χ1v) is 3.81. The van der Waals surface area contributed by atoms with Gasteiger partial charge in [-0.3, -0.25) is 0 Å². The highest BCUT2D eigenvalue weighted by molar-refractivity contribution is 5.20. The van der Waals surface area contributed by atoms with Crippen molar-refractivity contribution in [3.05, 3.63) is 34.3 Å². The van der Waals surface area contributed by atoms with E-state index in [1.165, 1.54) is 10.8 Å². The predicted molar refractivity (Wildman–Crippen MR) is 48.4 cm³/mol. The SMILES string of the molecule is C=C(C)Cc1ncc([N+](=O)[O-])n1C. The highest BCUT2D eigenvalue weighted by Crippen LogP contribution is 2.13. The topological polar surface area (TPSA) is 61.0 Å². The minimum atomic E-state index is -0.449. The van der Waals surface area contributed by atoms with Crippen molar-refractivity contribution in [1.82, 2.24) is 9.55 Å². The average Bonchev–Trinajstić information content (AvgIpc) is 2.32. The van der Waals surface area contributed by atoms with E-state index in [2.05, 4.69) is 11.6 Å². The summed E-state index contributed by atoms with van der Waals surface area (Å²) in [5, 5.41) is 10.4. The van der Waals surface area contributed by atoms with Gasteiger partial charge in [0.1, 0.15) is 6.20 Å². The van der Waals surface area contributed by atoms with E-state index in [4.69, 9.17) is 0 Å². The number of nitro groups is 1. The maximum absolute atomic E-state index is 10.4. The third-order valence-corrected chi connectivity index (χ3v) is 1.71. The van der Waals surface area contributed by atoms with Crippen molar-refractivity contribution in [3.63, 3.8) is 0 Å². The summed E-state index contributed by atoms with van der Waals surface area (Å²) >= 11 is 0. The Hall–Kier alpha value is -1.65. The van der Waals surface area contributed by atoms with Gasteiger partial charge in [0.2, 0.25) is 0 Å². The van der Waals surface area contributed by atoms with Gasteiger partial charge in [-0.1, -0.05) is 12.2 Å². The van der Waals surface area contributed by atoms with E-state index in [1.54, 1.807) is 7.05 Å². The molecule has 0 N–H and O–H groups in total. The summed E-state index contributed by atoms with van der Waals surface area (Å²) in [5.74, 6) is 0.676. The fourth-order valence-electron chi connectivity index (χ4n) is 1.04. The molecule has 0 bridgehead atoms. The van der Waals surface area contributed by atoms with E-state index in [0.29, 0.717) is 12.2 Å². The smallest absolute Gasteiger partial charge is 0.342 e. The molecule has 0 aromatic carbocycles. The van der Waals surface area contributed by atoms with Crippen LogP contribution in [0.15, 0.2) is 18.3 Å². The molecular weight excluding hydrogens is 170 g/mol. The second-order valence-corrected chi connectivity index (χ2v) is 2.98. The van der Waals surface area contributed by atoms with Crippen LogP contribution in [0.5, 0.6) is 0 Å². The lowest BCUT2D eigenvalue weighted by Gasteiger charge is -1.97. The summed E-state index contributed by atoms with van der Waals surface area (Å²) in [7, 11) is 1.63. The van der Waals surface area contributed by atoms with Crippen LogP contribution in [0.4, 0.5) is 5.82 Å². The molecule has 0 spiro atoms. The maximum atomic E-state index is 10.4. The number of rotatable bonds is 3. The van der Waals surface area contributed by atoms with Crippen molar-refractivity contribution >= 4 is 5.82 Å². The first kappa shape index (κ1) is 9.44. The third-order valence-electron chi connectivity index (χ3n) is 1.71. The van der Waals surface area contributed by atoms with Gasteiger partial charge in [-0.05, 0) is 11.8 Å². The van der Waals surface area contributed by atoms with Crippen LogP contribution in [0.3, 0.4) is 0 Å². The zero-order valence-corrected chi connectivity index (χ0v) is 7.65. The molecule has 1 rings (SSSR count). The minimum absolute atomic E-state index is 0.0104. The van der Waals surface area contributed by atoms with E-state index >= 15 is 0 Å². The molecule has 5 heteroatoms. The molecule has 0 amide bonds. The predicted octanol–water partition coefficient (Wildman–Crippen LogP) is 1.45. The fourth-order valence-corrected chi connectivity index (χ4v) is 1.04. The van der Waals surface area contributed by atoms with Crippen LogP contribution in [-0.2, 0) is 13.5 Å². The van der Waals surface area contributed by atoms with Crippen molar-refractivity contribution in [2.45, 2.75) is 13.3 Å². The molecule has 1 heterocycles. The number of allylic oxidation sites excluding steroid dienone is 1. The van der Waals surface area contributed by atoms with E-state index in [0.717, 1.165) is 5.57 Å². The van der Waals surface area contributed by atoms with Crippen LogP contribution >= 0.6 is 0 Å². The summed E-state index contributed by atoms with van der Waals surface area (Å²) in [4.78, 5) is 13.9. The summed E-state index contributed by atoms with van der Waals surface area (Å²) < 4.78 is 1.47. The van der Waals surface area contributed by atoms with Crippen molar-refractivity contribution in [3.8, 4) is 0 Å². The minimum Gasteiger partial charge on any atom is -0.358 e. The number of nitrogens with zero attached hydrogens (tertiary/aromatic N) is 3. The molecule has 0 atom stereocenters. The van der Waals surface area contributed by atoms with Crippen molar-refractivity contribution in [2.75, 3.05) is 0 Å². The Balaban J connectivity index is 2.99. The molecule has 13 heavy (non-hydrogen) atoms. The van der Waals surface area contributed by atoms with E-state index < -0.39 is 4.92 Å². The van der Waals surface area contributed by atoms with Crippen LogP contribution in [-0.4, -0.2) is 14.5 Å².